The van der Waals surface area contributed by atoms with Crippen molar-refractivity contribution in [1.82, 2.24) is 4.90 Å². The van der Waals surface area contributed by atoms with E-state index in [9.17, 15) is 9.59 Å². The van der Waals surface area contributed by atoms with Gasteiger partial charge < -0.3 is 9.64 Å². The minimum atomic E-state index is -0.478. The maximum Gasteiger partial charge on any atom is 0.223 e. The van der Waals surface area contributed by atoms with Crippen molar-refractivity contribution in [1.29, 1.82) is 0 Å². The zero-order chi connectivity index (χ0) is 16.6. The fraction of sp³-hybridized carbons (Fsp3) is 0.529. The second-order valence-electron chi connectivity index (χ2n) is 6.30. The van der Waals surface area contributed by atoms with E-state index < -0.39 is 5.60 Å². The van der Waals surface area contributed by atoms with Gasteiger partial charge in [-0.2, -0.15) is 0 Å². The smallest absolute Gasteiger partial charge is 0.223 e. The van der Waals surface area contributed by atoms with E-state index in [0.717, 1.165) is 5.56 Å². The largest absolute Gasteiger partial charge is 0.486 e. The molecule has 2 aliphatic heterocycles. The molecule has 2 aliphatic rings. The van der Waals surface area contributed by atoms with Crippen LogP contribution in [0.2, 0.25) is 5.02 Å². The molecule has 1 amide bonds. The van der Waals surface area contributed by atoms with Crippen LogP contribution in [0, 0.1) is 6.92 Å². The molecule has 0 aliphatic carbocycles. The number of benzene rings is 1. The number of hydrogen-bond donors (Lipinski definition) is 0. The summed E-state index contributed by atoms with van der Waals surface area (Å²) in [6.45, 7) is 3.19. The molecule has 0 aromatic heterocycles. The van der Waals surface area contributed by atoms with Crippen LogP contribution in [0.5, 0.6) is 5.75 Å². The number of carbonyl (C=O) groups is 2. The van der Waals surface area contributed by atoms with E-state index in [4.69, 9.17) is 16.3 Å². The van der Waals surface area contributed by atoms with Gasteiger partial charge in [-0.15, -0.1) is 0 Å². The average Bonchev–Trinajstić information content (AvgIpc) is 2.50. The minimum Gasteiger partial charge on any atom is -0.486 e. The number of aryl methyl sites for hydroxylation is 1. The number of nitrogens with zero attached hydrogens (tertiary/aromatic N) is 1. The zero-order valence-electron chi connectivity index (χ0n) is 13.0. The number of ketones is 1. The van der Waals surface area contributed by atoms with E-state index in [0.29, 0.717) is 60.4 Å². The predicted octanol–water partition coefficient (Wildman–Crippen LogP) is 3.76. The van der Waals surface area contributed by atoms with Gasteiger partial charge in [0.1, 0.15) is 11.4 Å². The fourth-order valence-corrected chi connectivity index (χ4v) is 4.01. The van der Waals surface area contributed by atoms with Crippen LogP contribution in [0.3, 0.4) is 0 Å². The van der Waals surface area contributed by atoms with Crippen LogP contribution in [0.15, 0.2) is 12.1 Å². The zero-order valence-corrected chi connectivity index (χ0v) is 15.4. The summed E-state index contributed by atoms with van der Waals surface area (Å²) < 4.78 is 6.28. The Bertz CT molecular complexity index is 653. The summed E-state index contributed by atoms with van der Waals surface area (Å²) in [6.07, 6.45) is 2.25. The molecule has 124 valence electrons. The molecule has 4 nitrogen and oxygen atoms in total. The first-order valence-corrected chi connectivity index (χ1v) is 9.30. The van der Waals surface area contributed by atoms with Crippen molar-refractivity contribution in [2.24, 2.45) is 0 Å². The highest BCUT2D eigenvalue weighted by Gasteiger charge is 2.44. The summed E-state index contributed by atoms with van der Waals surface area (Å²) in [5.74, 6) is 0.894. The third-order valence-electron chi connectivity index (χ3n) is 4.68. The van der Waals surface area contributed by atoms with Gasteiger partial charge in [-0.1, -0.05) is 27.5 Å². The van der Waals surface area contributed by atoms with Gasteiger partial charge in [0.25, 0.3) is 0 Å². The number of likely N-dealkylation sites (tertiary alicyclic amines) is 1. The molecule has 6 heteroatoms. The number of fused-ring (bicyclic) bond motifs is 1. The van der Waals surface area contributed by atoms with Crippen molar-refractivity contribution < 1.29 is 14.3 Å². The Morgan fingerprint density at radius 3 is 2.74 bits per heavy atom. The van der Waals surface area contributed by atoms with E-state index >= 15 is 0 Å². The van der Waals surface area contributed by atoms with Gasteiger partial charge in [0, 0.05) is 42.7 Å². The van der Waals surface area contributed by atoms with Gasteiger partial charge in [-0.05, 0) is 24.6 Å². The topological polar surface area (TPSA) is 46.6 Å². The molecule has 1 spiro atoms. The molecule has 23 heavy (non-hydrogen) atoms. The van der Waals surface area contributed by atoms with Crippen molar-refractivity contribution in [3.8, 4) is 5.75 Å². The Labute approximate surface area is 149 Å². The molecule has 0 bridgehead atoms. The van der Waals surface area contributed by atoms with E-state index in [-0.39, 0.29) is 11.7 Å². The number of hydrogen-bond acceptors (Lipinski definition) is 3. The number of carbonyl (C=O) groups excluding carboxylic acids is 2. The third-order valence-corrected chi connectivity index (χ3v) is 5.29. The summed E-state index contributed by atoms with van der Waals surface area (Å²) >= 11 is 9.35. The SMILES string of the molecule is Cc1cc(Cl)cc2c1OC1(CCN(C(=O)CCBr)CC1)CC2=O. The lowest BCUT2D eigenvalue weighted by molar-refractivity contribution is -0.134. The van der Waals surface area contributed by atoms with E-state index in [1.165, 1.54) is 0 Å². The Balaban J connectivity index is 1.79. The highest BCUT2D eigenvalue weighted by molar-refractivity contribution is 9.09. The van der Waals surface area contributed by atoms with Crippen LogP contribution in [0.25, 0.3) is 0 Å². The number of piperidine rings is 1. The first kappa shape index (κ1) is 16.8. The van der Waals surface area contributed by atoms with Crippen LogP contribution < -0.4 is 4.74 Å². The Morgan fingerprint density at radius 2 is 2.09 bits per heavy atom. The number of ether oxygens (including phenoxy) is 1. The summed E-state index contributed by atoms with van der Waals surface area (Å²) in [4.78, 5) is 26.4. The summed E-state index contributed by atoms with van der Waals surface area (Å²) in [5, 5.41) is 1.24. The number of amides is 1. The van der Waals surface area contributed by atoms with Gasteiger partial charge >= 0.3 is 0 Å². The van der Waals surface area contributed by atoms with E-state index in [2.05, 4.69) is 15.9 Å². The first-order chi connectivity index (χ1) is 10.9. The van der Waals surface area contributed by atoms with E-state index in [1.807, 2.05) is 17.9 Å². The van der Waals surface area contributed by atoms with Crippen molar-refractivity contribution in [2.45, 2.75) is 38.2 Å². The van der Waals surface area contributed by atoms with Gasteiger partial charge in [-0.3, -0.25) is 9.59 Å². The molecule has 0 N–H and O–H groups in total. The normalized spacial score (nSPS) is 19.4. The highest BCUT2D eigenvalue weighted by atomic mass is 79.9. The molecule has 0 saturated carbocycles. The molecule has 1 aromatic carbocycles. The molecule has 3 rings (SSSR count). The molecule has 1 aromatic rings. The summed E-state index contributed by atoms with van der Waals surface area (Å²) in [7, 11) is 0. The molecule has 1 fully saturated rings. The molecule has 0 unspecified atom stereocenters. The van der Waals surface area contributed by atoms with Crippen LogP contribution in [0.1, 0.15) is 41.6 Å². The van der Waals surface area contributed by atoms with Gasteiger partial charge in [0.05, 0.1) is 12.0 Å². The van der Waals surface area contributed by atoms with Crippen molar-refractivity contribution >= 4 is 39.2 Å². The molecule has 0 atom stereocenters. The number of halogens is 2. The third kappa shape index (κ3) is 3.26. The minimum absolute atomic E-state index is 0.0806. The van der Waals surface area contributed by atoms with Crippen LogP contribution in [-0.2, 0) is 4.79 Å². The molecule has 2 heterocycles. The Hall–Kier alpha value is -1.07. The lowest BCUT2D eigenvalue weighted by atomic mass is 9.82. The lowest BCUT2D eigenvalue weighted by Crippen LogP contribution is -2.52. The molecule has 0 radical (unpaired) electrons. The van der Waals surface area contributed by atoms with Crippen LogP contribution >= 0.6 is 27.5 Å². The van der Waals surface area contributed by atoms with Gasteiger partial charge in [0.15, 0.2) is 5.78 Å². The maximum atomic E-state index is 12.6. The standard InChI is InChI=1S/C17H19BrClNO3/c1-11-8-12(19)9-13-14(21)10-17(23-16(11)13)3-6-20(7-4-17)15(22)2-5-18/h8-9H,2-7,10H2,1H3. The Morgan fingerprint density at radius 1 is 1.39 bits per heavy atom. The van der Waals surface area contributed by atoms with Crippen LogP contribution in [0.4, 0.5) is 0 Å². The van der Waals surface area contributed by atoms with Crippen molar-refractivity contribution in [2.75, 3.05) is 18.4 Å². The first-order valence-electron chi connectivity index (χ1n) is 7.80. The fourth-order valence-electron chi connectivity index (χ4n) is 3.39. The van der Waals surface area contributed by atoms with E-state index in [1.54, 1.807) is 6.07 Å². The predicted molar refractivity (Wildman–Crippen MR) is 92.7 cm³/mol. The maximum absolute atomic E-state index is 12.6. The number of Topliss-reactive ketones (excluding diaryl/α,β-unsaturated/α-hetero) is 1. The second kappa shape index (κ2) is 6.44. The second-order valence-corrected chi connectivity index (χ2v) is 7.53. The van der Waals surface area contributed by atoms with Crippen molar-refractivity contribution in [3.63, 3.8) is 0 Å². The quantitative estimate of drug-likeness (QED) is 0.710. The van der Waals surface area contributed by atoms with Crippen LogP contribution in [-0.4, -0.2) is 40.6 Å². The molecular formula is C17H19BrClNO3. The van der Waals surface area contributed by atoms with Gasteiger partial charge in [0.2, 0.25) is 5.91 Å². The molecular weight excluding hydrogens is 382 g/mol. The average molecular weight is 401 g/mol. The lowest BCUT2D eigenvalue weighted by Gasteiger charge is -2.44. The summed E-state index contributed by atoms with van der Waals surface area (Å²) in [5.41, 5.74) is 0.990. The number of rotatable bonds is 2. The number of alkyl halides is 1. The summed E-state index contributed by atoms with van der Waals surface area (Å²) in [6, 6.07) is 3.51. The van der Waals surface area contributed by atoms with Gasteiger partial charge in [-0.25, -0.2) is 0 Å². The molecule has 1 saturated heterocycles. The Kier molecular flexibility index (Phi) is 4.70. The highest BCUT2D eigenvalue weighted by Crippen LogP contribution is 2.42. The monoisotopic (exact) mass is 399 g/mol. The van der Waals surface area contributed by atoms with Crippen molar-refractivity contribution in [3.05, 3.63) is 28.3 Å².